The van der Waals surface area contributed by atoms with Gasteiger partial charge in [0, 0.05) is 25.3 Å². The standard InChI is InChI=1S/C15H19FN2O2/c1-11(7-9-20-2)18-15(19)13-6-5-12(4-3-8-17)14(16)10-13/h5-6,10-11H,7-9,17H2,1-2H3,(H,18,19). The second kappa shape index (κ2) is 8.31. The summed E-state index contributed by atoms with van der Waals surface area (Å²) in [6.07, 6.45) is 0.699. The first kappa shape index (κ1) is 16.2. The average molecular weight is 278 g/mol. The number of carbonyl (C=O) groups is 1. The highest BCUT2D eigenvalue weighted by atomic mass is 19.1. The van der Waals surface area contributed by atoms with Crippen molar-refractivity contribution >= 4 is 5.91 Å². The van der Waals surface area contributed by atoms with E-state index in [0.29, 0.717) is 13.0 Å². The van der Waals surface area contributed by atoms with E-state index in [-0.39, 0.29) is 29.6 Å². The van der Waals surface area contributed by atoms with Crippen LogP contribution in [0.5, 0.6) is 0 Å². The van der Waals surface area contributed by atoms with Crippen LogP contribution >= 0.6 is 0 Å². The third-order valence-corrected chi connectivity index (χ3v) is 2.69. The van der Waals surface area contributed by atoms with Crippen molar-refractivity contribution < 1.29 is 13.9 Å². The van der Waals surface area contributed by atoms with E-state index >= 15 is 0 Å². The van der Waals surface area contributed by atoms with Crippen LogP contribution in [-0.2, 0) is 4.74 Å². The lowest BCUT2D eigenvalue weighted by Crippen LogP contribution is -2.33. The summed E-state index contributed by atoms with van der Waals surface area (Å²) in [5, 5.41) is 2.78. The molecular weight excluding hydrogens is 259 g/mol. The van der Waals surface area contributed by atoms with Gasteiger partial charge in [-0.15, -0.1) is 0 Å². The summed E-state index contributed by atoms with van der Waals surface area (Å²) >= 11 is 0. The Bertz CT molecular complexity index is 520. The molecule has 0 aromatic heterocycles. The summed E-state index contributed by atoms with van der Waals surface area (Å²) in [4.78, 5) is 11.9. The Labute approximate surface area is 118 Å². The van der Waals surface area contributed by atoms with Gasteiger partial charge in [0.05, 0.1) is 12.1 Å². The molecule has 1 aromatic carbocycles. The molecule has 0 radical (unpaired) electrons. The normalized spacial score (nSPS) is 11.4. The van der Waals surface area contributed by atoms with Crippen LogP contribution in [0, 0.1) is 17.7 Å². The highest BCUT2D eigenvalue weighted by molar-refractivity contribution is 5.94. The Balaban J connectivity index is 2.72. The van der Waals surface area contributed by atoms with Crippen molar-refractivity contribution in [1.82, 2.24) is 5.32 Å². The fraction of sp³-hybridized carbons (Fsp3) is 0.400. The second-order valence-electron chi connectivity index (χ2n) is 4.36. The van der Waals surface area contributed by atoms with Crippen molar-refractivity contribution in [3.8, 4) is 11.8 Å². The molecule has 5 heteroatoms. The third kappa shape index (κ3) is 5.00. The number of amides is 1. The summed E-state index contributed by atoms with van der Waals surface area (Å²) in [6, 6.07) is 4.16. The molecule has 1 amide bonds. The SMILES string of the molecule is COCCC(C)NC(=O)c1ccc(C#CCN)c(F)c1. The smallest absolute Gasteiger partial charge is 0.251 e. The van der Waals surface area contributed by atoms with Gasteiger partial charge in [0.15, 0.2) is 0 Å². The van der Waals surface area contributed by atoms with Crippen LogP contribution in [0.1, 0.15) is 29.3 Å². The van der Waals surface area contributed by atoms with Gasteiger partial charge in [-0.3, -0.25) is 4.79 Å². The lowest BCUT2D eigenvalue weighted by Gasteiger charge is -2.13. The number of nitrogens with one attached hydrogen (secondary N) is 1. The van der Waals surface area contributed by atoms with E-state index in [9.17, 15) is 9.18 Å². The van der Waals surface area contributed by atoms with Gasteiger partial charge < -0.3 is 15.8 Å². The number of carbonyl (C=O) groups excluding carboxylic acids is 1. The van der Waals surface area contributed by atoms with Gasteiger partial charge in [0.2, 0.25) is 0 Å². The molecule has 0 saturated heterocycles. The van der Waals surface area contributed by atoms with Crippen molar-refractivity contribution in [1.29, 1.82) is 0 Å². The quantitative estimate of drug-likeness (QED) is 0.798. The van der Waals surface area contributed by atoms with Crippen molar-refractivity contribution in [3.05, 3.63) is 35.1 Å². The first-order valence-corrected chi connectivity index (χ1v) is 6.36. The highest BCUT2D eigenvalue weighted by Crippen LogP contribution is 2.10. The van der Waals surface area contributed by atoms with Crippen LogP contribution in [-0.4, -0.2) is 32.2 Å². The number of hydrogen-bond donors (Lipinski definition) is 2. The van der Waals surface area contributed by atoms with Crippen LogP contribution in [0.3, 0.4) is 0 Å². The number of methoxy groups -OCH3 is 1. The zero-order chi connectivity index (χ0) is 15.0. The molecular formula is C15H19FN2O2. The molecule has 0 bridgehead atoms. The molecule has 0 saturated carbocycles. The molecule has 0 aliphatic rings. The van der Waals surface area contributed by atoms with Crippen molar-refractivity contribution in [2.75, 3.05) is 20.3 Å². The number of benzene rings is 1. The molecule has 0 spiro atoms. The maximum Gasteiger partial charge on any atom is 0.251 e. The molecule has 1 rings (SSSR count). The monoisotopic (exact) mass is 278 g/mol. The van der Waals surface area contributed by atoms with Gasteiger partial charge in [-0.05, 0) is 31.5 Å². The minimum atomic E-state index is -0.525. The molecule has 20 heavy (non-hydrogen) atoms. The topological polar surface area (TPSA) is 64.3 Å². The first-order valence-electron chi connectivity index (χ1n) is 6.36. The summed E-state index contributed by atoms with van der Waals surface area (Å²) in [5.74, 6) is 4.34. The third-order valence-electron chi connectivity index (χ3n) is 2.69. The summed E-state index contributed by atoms with van der Waals surface area (Å²) < 4.78 is 18.7. The molecule has 0 heterocycles. The fourth-order valence-corrected chi connectivity index (χ4v) is 1.58. The van der Waals surface area contributed by atoms with Gasteiger partial charge in [-0.25, -0.2) is 4.39 Å². The molecule has 0 aliphatic heterocycles. The Kier molecular flexibility index (Phi) is 6.71. The largest absolute Gasteiger partial charge is 0.385 e. The van der Waals surface area contributed by atoms with Gasteiger partial charge in [0.1, 0.15) is 5.82 Å². The van der Waals surface area contributed by atoms with E-state index in [0.717, 1.165) is 0 Å². The van der Waals surface area contributed by atoms with Gasteiger partial charge in [-0.1, -0.05) is 11.8 Å². The molecule has 108 valence electrons. The van der Waals surface area contributed by atoms with E-state index < -0.39 is 5.82 Å². The van der Waals surface area contributed by atoms with E-state index in [4.69, 9.17) is 10.5 Å². The Morgan fingerprint density at radius 1 is 1.55 bits per heavy atom. The number of halogens is 1. The van der Waals surface area contributed by atoms with Crippen LogP contribution in [0.25, 0.3) is 0 Å². The van der Waals surface area contributed by atoms with Gasteiger partial charge in [0.25, 0.3) is 5.91 Å². The van der Waals surface area contributed by atoms with E-state index in [1.165, 1.54) is 12.1 Å². The van der Waals surface area contributed by atoms with Crippen LogP contribution in [0.4, 0.5) is 4.39 Å². The zero-order valence-electron chi connectivity index (χ0n) is 11.7. The maximum atomic E-state index is 13.7. The Hall–Kier alpha value is -1.90. The highest BCUT2D eigenvalue weighted by Gasteiger charge is 2.11. The zero-order valence-corrected chi connectivity index (χ0v) is 11.7. The van der Waals surface area contributed by atoms with Crippen molar-refractivity contribution in [2.45, 2.75) is 19.4 Å². The fourth-order valence-electron chi connectivity index (χ4n) is 1.58. The van der Waals surface area contributed by atoms with Crippen LogP contribution in [0.15, 0.2) is 18.2 Å². The lowest BCUT2D eigenvalue weighted by molar-refractivity contribution is 0.0929. The second-order valence-corrected chi connectivity index (χ2v) is 4.36. The molecule has 0 aliphatic carbocycles. The summed E-state index contributed by atoms with van der Waals surface area (Å²) in [6.45, 7) is 2.59. The molecule has 1 aromatic rings. The predicted molar refractivity (Wildman–Crippen MR) is 75.8 cm³/mol. The van der Waals surface area contributed by atoms with Crippen molar-refractivity contribution in [3.63, 3.8) is 0 Å². The molecule has 3 N–H and O–H groups in total. The van der Waals surface area contributed by atoms with Crippen LogP contribution in [0.2, 0.25) is 0 Å². The van der Waals surface area contributed by atoms with Gasteiger partial charge in [-0.2, -0.15) is 0 Å². The van der Waals surface area contributed by atoms with E-state index in [1.54, 1.807) is 13.2 Å². The van der Waals surface area contributed by atoms with Crippen molar-refractivity contribution in [2.24, 2.45) is 5.73 Å². The average Bonchev–Trinajstić information content (AvgIpc) is 2.43. The number of rotatable bonds is 5. The lowest BCUT2D eigenvalue weighted by atomic mass is 10.1. The molecule has 4 nitrogen and oxygen atoms in total. The summed E-state index contributed by atoms with van der Waals surface area (Å²) in [5.41, 5.74) is 5.73. The number of nitrogens with two attached hydrogens (primary N) is 1. The summed E-state index contributed by atoms with van der Waals surface area (Å²) in [7, 11) is 1.60. The molecule has 0 fully saturated rings. The van der Waals surface area contributed by atoms with E-state index in [1.807, 2.05) is 6.92 Å². The minimum Gasteiger partial charge on any atom is -0.385 e. The first-order chi connectivity index (χ1) is 9.58. The predicted octanol–water partition coefficient (Wildman–Crippen LogP) is 1.29. The number of hydrogen-bond acceptors (Lipinski definition) is 3. The molecule has 1 atom stereocenters. The van der Waals surface area contributed by atoms with Gasteiger partial charge >= 0.3 is 0 Å². The Morgan fingerprint density at radius 3 is 2.90 bits per heavy atom. The maximum absolute atomic E-state index is 13.7. The van der Waals surface area contributed by atoms with Crippen LogP contribution < -0.4 is 11.1 Å². The van der Waals surface area contributed by atoms with E-state index in [2.05, 4.69) is 17.2 Å². The Morgan fingerprint density at radius 2 is 2.30 bits per heavy atom. The molecule has 1 unspecified atom stereocenters. The minimum absolute atomic E-state index is 0.0396. The number of ether oxygens (including phenoxy) is 1.